The number of nitrogens with zero attached hydrogens (tertiary/aromatic N) is 3. The Bertz CT molecular complexity index is 689. The molecule has 23 heavy (non-hydrogen) atoms. The van der Waals surface area contributed by atoms with Crippen LogP contribution >= 0.6 is 0 Å². The van der Waals surface area contributed by atoms with Crippen molar-refractivity contribution in [2.24, 2.45) is 5.73 Å². The Kier molecular flexibility index (Phi) is 4.52. The highest BCUT2D eigenvalue weighted by Crippen LogP contribution is 2.23. The second kappa shape index (κ2) is 6.75. The van der Waals surface area contributed by atoms with E-state index in [-0.39, 0.29) is 17.9 Å². The van der Waals surface area contributed by atoms with E-state index in [1.807, 2.05) is 35.2 Å². The van der Waals surface area contributed by atoms with Gasteiger partial charge in [0.1, 0.15) is 0 Å². The van der Waals surface area contributed by atoms with Crippen LogP contribution in [0.4, 0.5) is 5.95 Å². The number of amides is 1. The number of hydrogen-bond acceptors (Lipinski definition) is 5. The van der Waals surface area contributed by atoms with Crippen molar-refractivity contribution in [2.75, 3.05) is 18.8 Å². The van der Waals surface area contributed by atoms with Crippen molar-refractivity contribution in [3.63, 3.8) is 0 Å². The molecule has 4 N–H and O–H groups in total. The van der Waals surface area contributed by atoms with Crippen molar-refractivity contribution in [1.29, 1.82) is 0 Å². The van der Waals surface area contributed by atoms with E-state index in [4.69, 9.17) is 11.5 Å². The van der Waals surface area contributed by atoms with Crippen LogP contribution in [0.5, 0.6) is 0 Å². The van der Waals surface area contributed by atoms with Crippen molar-refractivity contribution in [1.82, 2.24) is 14.9 Å². The van der Waals surface area contributed by atoms with Gasteiger partial charge in [-0.1, -0.05) is 30.3 Å². The van der Waals surface area contributed by atoms with Gasteiger partial charge >= 0.3 is 0 Å². The van der Waals surface area contributed by atoms with Gasteiger partial charge in [-0.3, -0.25) is 4.79 Å². The Morgan fingerprint density at radius 1 is 1.17 bits per heavy atom. The van der Waals surface area contributed by atoms with Crippen molar-refractivity contribution >= 4 is 11.9 Å². The summed E-state index contributed by atoms with van der Waals surface area (Å²) in [4.78, 5) is 23.1. The third kappa shape index (κ3) is 3.48. The van der Waals surface area contributed by atoms with Crippen LogP contribution in [0.25, 0.3) is 11.3 Å². The maximum absolute atomic E-state index is 12.9. The monoisotopic (exact) mass is 311 g/mol. The SMILES string of the molecule is Nc1ncc(C(=O)N2CCCC(N)CC2)c(-c2ccccc2)n1. The normalized spacial score (nSPS) is 18.5. The van der Waals surface area contributed by atoms with Crippen molar-refractivity contribution in [3.8, 4) is 11.3 Å². The van der Waals surface area contributed by atoms with E-state index in [2.05, 4.69) is 9.97 Å². The molecular weight excluding hydrogens is 290 g/mol. The lowest BCUT2D eigenvalue weighted by Gasteiger charge is -2.21. The number of likely N-dealkylation sites (tertiary alicyclic amines) is 1. The maximum Gasteiger partial charge on any atom is 0.257 e. The molecule has 3 rings (SSSR count). The van der Waals surface area contributed by atoms with Gasteiger partial charge in [0.25, 0.3) is 5.91 Å². The van der Waals surface area contributed by atoms with Crippen LogP contribution in [-0.4, -0.2) is 39.9 Å². The van der Waals surface area contributed by atoms with Crippen molar-refractivity contribution in [2.45, 2.75) is 25.3 Å². The van der Waals surface area contributed by atoms with Gasteiger partial charge in [-0.05, 0) is 19.3 Å². The van der Waals surface area contributed by atoms with Gasteiger partial charge in [-0.2, -0.15) is 0 Å². The van der Waals surface area contributed by atoms with Gasteiger partial charge in [0.05, 0.1) is 11.3 Å². The molecular formula is C17H21N5O. The molecule has 1 aromatic heterocycles. The molecule has 6 nitrogen and oxygen atoms in total. The largest absolute Gasteiger partial charge is 0.368 e. The van der Waals surface area contributed by atoms with E-state index in [1.54, 1.807) is 0 Å². The summed E-state index contributed by atoms with van der Waals surface area (Å²) >= 11 is 0. The van der Waals surface area contributed by atoms with E-state index in [1.165, 1.54) is 6.20 Å². The third-order valence-electron chi connectivity index (χ3n) is 4.14. The number of rotatable bonds is 2. The number of carbonyl (C=O) groups excluding carboxylic acids is 1. The minimum atomic E-state index is -0.0575. The van der Waals surface area contributed by atoms with Crippen LogP contribution < -0.4 is 11.5 Å². The second-order valence-electron chi connectivity index (χ2n) is 5.84. The van der Waals surface area contributed by atoms with Gasteiger partial charge < -0.3 is 16.4 Å². The molecule has 1 amide bonds. The molecule has 1 fully saturated rings. The fourth-order valence-corrected chi connectivity index (χ4v) is 2.86. The first kappa shape index (κ1) is 15.4. The zero-order valence-corrected chi connectivity index (χ0v) is 13.0. The standard InChI is InChI=1S/C17H21N5O/c18-13-7-4-9-22(10-8-13)16(23)14-11-20-17(19)21-15(14)12-5-2-1-3-6-12/h1-3,5-6,11,13H,4,7-10,18H2,(H2,19,20,21). The Hall–Kier alpha value is -2.47. The minimum Gasteiger partial charge on any atom is -0.368 e. The Morgan fingerprint density at radius 2 is 1.96 bits per heavy atom. The van der Waals surface area contributed by atoms with E-state index in [9.17, 15) is 4.79 Å². The number of nitrogen functional groups attached to an aromatic ring is 1. The summed E-state index contributed by atoms with van der Waals surface area (Å²) in [5.41, 5.74) is 13.6. The lowest BCUT2D eigenvalue weighted by Crippen LogP contribution is -2.33. The predicted molar refractivity (Wildman–Crippen MR) is 89.6 cm³/mol. The van der Waals surface area contributed by atoms with E-state index in [0.717, 1.165) is 24.8 Å². The van der Waals surface area contributed by atoms with Crippen LogP contribution in [-0.2, 0) is 0 Å². The quantitative estimate of drug-likeness (QED) is 0.879. The zero-order chi connectivity index (χ0) is 16.2. The lowest BCUT2D eigenvalue weighted by molar-refractivity contribution is 0.0761. The van der Waals surface area contributed by atoms with Crippen LogP contribution in [0, 0.1) is 0 Å². The highest BCUT2D eigenvalue weighted by molar-refractivity contribution is 5.99. The first-order valence-corrected chi connectivity index (χ1v) is 7.88. The van der Waals surface area contributed by atoms with Crippen LogP contribution in [0.15, 0.2) is 36.5 Å². The average Bonchev–Trinajstić information content (AvgIpc) is 2.79. The Labute approximate surface area is 135 Å². The van der Waals surface area contributed by atoms with Gasteiger partial charge in [0.15, 0.2) is 0 Å². The molecule has 120 valence electrons. The fraction of sp³-hybridized carbons (Fsp3) is 0.353. The first-order chi connectivity index (χ1) is 11.1. The summed E-state index contributed by atoms with van der Waals surface area (Å²) in [6, 6.07) is 9.74. The molecule has 1 aliphatic rings. The van der Waals surface area contributed by atoms with E-state index >= 15 is 0 Å². The van der Waals surface area contributed by atoms with Crippen LogP contribution in [0.2, 0.25) is 0 Å². The summed E-state index contributed by atoms with van der Waals surface area (Å²) < 4.78 is 0. The molecule has 0 bridgehead atoms. The molecule has 0 aliphatic carbocycles. The highest BCUT2D eigenvalue weighted by Gasteiger charge is 2.23. The summed E-state index contributed by atoms with van der Waals surface area (Å²) in [5.74, 6) is 0.108. The van der Waals surface area contributed by atoms with Gasteiger partial charge in [-0.25, -0.2) is 9.97 Å². The summed E-state index contributed by atoms with van der Waals surface area (Å²) in [5, 5.41) is 0. The van der Waals surface area contributed by atoms with Crippen LogP contribution in [0.3, 0.4) is 0 Å². The van der Waals surface area contributed by atoms with Crippen molar-refractivity contribution in [3.05, 3.63) is 42.1 Å². The molecule has 0 spiro atoms. The lowest BCUT2D eigenvalue weighted by atomic mass is 10.1. The summed E-state index contributed by atoms with van der Waals surface area (Å²) in [7, 11) is 0. The Balaban J connectivity index is 1.94. The molecule has 1 atom stereocenters. The van der Waals surface area contributed by atoms with E-state index in [0.29, 0.717) is 24.3 Å². The molecule has 0 saturated carbocycles. The van der Waals surface area contributed by atoms with Crippen LogP contribution in [0.1, 0.15) is 29.6 Å². The van der Waals surface area contributed by atoms with Gasteiger partial charge in [-0.15, -0.1) is 0 Å². The smallest absolute Gasteiger partial charge is 0.257 e. The molecule has 1 aromatic carbocycles. The summed E-state index contributed by atoms with van der Waals surface area (Å²) in [6.07, 6.45) is 4.22. The molecule has 2 heterocycles. The number of anilines is 1. The fourth-order valence-electron chi connectivity index (χ4n) is 2.86. The topological polar surface area (TPSA) is 98.1 Å². The molecule has 1 saturated heterocycles. The molecule has 6 heteroatoms. The molecule has 1 unspecified atom stereocenters. The maximum atomic E-state index is 12.9. The summed E-state index contributed by atoms with van der Waals surface area (Å²) in [6.45, 7) is 1.38. The third-order valence-corrected chi connectivity index (χ3v) is 4.14. The number of nitrogens with two attached hydrogens (primary N) is 2. The number of benzene rings is 1. The number of carbonyl (C=O) groups is 1. The first-order valence-electron chi connectivity index (χ1n) is 7.88. The predicted octanol–water partition coefficient (Wildman–Crippen LogP) is 1.68. The number of aromatic nitrogens is 2. The molecule has 2 aromatic rings. The average molecular weight is 311 g/mol. The second-order valence-corrected chi connectivity index (χ2v) is 5.84. The highest BCUT2D eigenvalue weighted by atomic mass is 16.2. The molecule has 0 radical (unpaired) electrons. The van der Waals surface area contributed by atoms with E-state index < -0.39 is 0 Å². The zero-order valence-electron chi connectivity index (χ0n) is 13.0. The van der Waals surface area contributed by atoms with Gasteiger partial charge in [0.2, 0.25) is 5.95 Å². The van der Waals surface area contributed by atoms with Crippen molar-refractivity contribution < 1.29 is 4.79 Å². The van der Waals surface area contributed by atoms with Gasteiger partial charge in [0, 0.05) is 30.9 Å². The molecule has 1 aliphatic heterocycles. The Morgan fingerprint density at radius 3 is 2.74 bits per heavy atom. The number of hydrogen-bond donors (Lipinski definition) is 2. The minimum absolute atomic E-state index is 0.0575.